The lowest BCUT2D eigenvalue weighted by Gasteiger charge is -2.52. The quantitative estimate of drug-likeness (QED) is 0.172. The SMILES string of the molecule is C1=CC(N(c2ccccc2)c2ccc3c(c2)CCCC3)(N(c2ccccc2)c2ccc3c(c2)CCCC3)CC=C1c1ccccc1. The first-order valence-electron chi connectivity index (χ1n) is 17.2. The van der Waals surface area contributed by atoms with Crippen LogP contribution >= 0.6 is 0 Å². The fourth-order valence-corrected chi connectivity index (χ4v) is 7.96. The summed E-state index contributed by atoms with van der Waals surface area (Å²) in [6, 6.07) is 47.4. The van der Waals surface area contributed by atoms with Gasteiger partial charge in [0.1, 0.15) is 5.66 Å². The largest absolute Gasteiger partial charge is 0.314 e. The minimum absolute atomic E-state index is 0.549. The second-order valence-electron chi connectivity index (χ2n) is 13.1. The summed E-state index contributed by atoms with van der Waals surface area (Å²) in [5.74, 6) is 0. The molecule has 0 radical (unpaired) electrons. The summed E-state index contributed by atoms with van der Waals surface area (Å²) >= 11 is 0. The van der Waals surface area contributed by atoms with Gasteiger partial charge in [-0.05, 0) is 139 Å². The lowest BCUT2D eigenvalue weighted by atomic mass is 9.86. The molecule has 0 atom stereocenters. The Hall–Kier alpha value is -4.82. The van der Waals surface area contributed by atoms with Gasteiger partial charge < -0.3 is 9.80 Å². The Bertz CT molecular complexity index is 1770. The molecule has 8 rings (SSSR count). The molecule has 46 heavy (non-hydrogen) atoms. The van der Waals surface area contributed by atoms with Gasteiger partial charge >= 0.3 is 0 Å². The Kier molecular flexibility index (Phi) is 7.80. The number of benzene rings is 5. The Morgan fingerprint density at radius 2 is 0.891 bits per heavy atom. The Morgan fingerprint density at radius 3 is 1.35 bits per heavy atom. The Morgan fingerprint density at radius 1 is 0.435 bits per heavy atom. The van der Waals surface area contributed by atoms with E-state index in [0.717, 1.165) is 19.3 Å². The van der Waals surface area contributed by atoms with Crippen molar-refractivity contribution in [1.29, 1.82) is 0 Å². The summed E-state index contributed by atoms with van der Waals surface area (Å²) in [6.45, 7) is 0. The molecule has 0 heterocycles. The molecular weight excluding hydrogens is 556 g/mol. The van der Waals surface area contributed by atoms with E-state index in [0.29, 0.717) is 0 Å². The van der Waals surface area contributed by atoms with E-state index in [-0.39, 0.29) is 0 Å². The maximum atomic E-state index is 2.61. The fraction of sp³-hybridized carbons (Fsp3) is 0.227. The van der Waals surface area contributed by atoms with Gasteiger partial charge in [-0.25, -0.2) is 0 Å². The van der Waals surface area contributed by atoms with Crippen molar-refractivity contribution in [2.75, 3.05) is 9.80 Å². The number of aryl methyl sites for hydroxylation is 4. The minimum atomic E-state index is -0.549. The molecule has 5 aromatic rings. The molecule has 228 valence electrons. The van der Waals surface area contributed by atoms with Crippen LogP contribution in [0.5, 0.6) is 0 Å². The first-order valence-corrected chi connectivity index (χ1v) is 17.2. The molecule has 0 N–H and O–H groups in total. The third-order valence-corrected chi connectivity index (χ3v) is 10.2. The normalized spacial score (nSPS) is 16.6. The molecule has 0 saturated carbocycles. The lowest BCUT2D eigenvalue weighted by molar-refractivity contribution is 0.525. The third kappa shape index (κ3) is 5.36. The maximum absolute atomic E-state index is 2.61. The van der Waals surface area contributed by atoms with E-state index in [1.165, 1.54) is 94.7 Å². The van der Waals surface area contributed by atoms with Gasteiger partial charge in [0.05, 0.1) is 0 Å². The molecule has 0 bridgehead atoms. The summed E-state index contributed by atoms with van der Waals surface area (Å²) in [7, 11) is 0. The van der Waals surface area contributed by atoms with Crippen LogP contribution in [0.15, 0.2) is 146 Å². The van der Waals surface area contributed by atoms with E-state index in [1.54, 1.807) is 0 Å². The van der Waals surface area contributed by atoms with Crippen molar-refractivity contribution < 1.29 is 0 Å². The minimum Gasteiger partial charge on any atom is -0.314 e. The number of fused-ring (bicyclic) bond motifs is 2. The average Bonchev–Trinajstić information content (AvgIpc) is 3.13. The highest BCUT2D eigenvalue weighted by atomic mass is 15.4. The number of allylic oxidation sites excluding steroid dienone is 2. The van der Waals surface area contributed by atoms with E-state index < -0.39 is 5.66 Å². The second kappa shape index (κ2) is 12.5. The van der Waals surface area contributed by atoms with Crippen LogP contribution in [-0.2, 0) is 25.7 Å². The molecule has 0 fully saturated rings. The van der Waals surface area contributed by atoms with Gasteiger partial charge in [-0.3, -0.25) is 0 Å². The highest BCUT2D eigenvalue weighted by Gasteiger charge is 2.44. The third-order valence-electron chi connectivity index (χ3n) is 10.2. The van der Waals surface area contributed by atoms with Crippen LogP contribution < -0.4 is 9.80 Å². The monoisotopic (exact) mass is 598 g/mol. The zero-order valence-corrected chi connectivity index (χ0v) is 26.6. The van der Waals surface area contributed by atoms with Crippen LogP contribution in [0.2, 0.25) is 0 Å². The number of nitrogens with zero attached hydrogens (tertiary/aromatic N) is 2. The van der Waals surface area contributed by atoms with Gasteiger partial charge in [-0.1, -0.05) is 91.0 Å². The predicted molar refractivity (Wildman–Crippen MR) is 194 cm³/mol. The average molecular weight is 599 g/mol. The second-order valence-corrected chi connectivity index (χ2v) is 13.1. The highest BCUT2D eigenvalue weighted by molar-refractivity contribution is 5.82. The van der Waals surface area contributed by atoms with Crippen LogP contribution in [-0.4, -0.2) is 5.66 Å². The van der Waals surface area contributed by atoms with Crippen molar-refractivity contribution in [3.63, 3.8) is 0 Å². The number of hydrogen-bond donors (Lipinski definition) is 0. The first-order chi connectivity index (χ1) is 22.8. The highest BCUT2D eigenvalue weighted by Crippen LogP contribution is 2.48. The number of hydrogen-bond acceptors (Lipinski definition) is 2. The van der Waals surface area contributed by atoms with Crippen LogP contribution in [0, 0.1) is 0 Å². The Balaban J connectivity index is 1.37. The molecule has 2 heteroatoms. The zero-order chi connectivity index (χ0) is 30.8. The molecule has 2 nitrogen and oxygen atoms in total. The van der Waals surface area contributed by atoms with Gasteiger partial charge in [0.2, 0.25) is 0 Å². The lowest BCUT2D eigenvalue weighted by Crippen LogP contribution is -2.57. The van der Waals surface area contributed by atoms with E-state index in [1.807, 2.05) is 0 Å². The zero-order valence-electron chi connectivity index (χ0n) is 26.6. The molecule has 0 spiro atoms. The van der Waals surface area contributed by atoms with Crippen LogP contribution in [0.4, 0.5) is 22.7 Å². The molecule has 0 amide bonds. The molecular formula is C44H42N2. The summed E-state index contributed by atoms with van der Waals surface area (Å²) in [6.07, 6.45) is 17.9. The van der Waals surface area contributed by atoms with E-state index in [9.17, 15) is 0 Å². The van der Waals surface area contributed by atoms with Crippen molar-refractivity contribution in [2.24, 2.45) is 0 Å². The summed E-state index contributed by atoms with van der Waals surface area (Å²) in [4.78, 5) is 5.23. The number of para-hydroxylation sites is 2. The van der Waals surface area contributed by atoms with Crippen LogP contribution in [0.25, 0.3) is 5.57 Å². The maximum Gasteiger partial charge on any atom is 0.145 e. The van der Waals surface area contributed by atoms with Gasteiger partial charge in [0.15, 0.2) is 0 Å². The number of anilines is 4. The molecule has 0 aromatic heterocycles. The van der Waals surface area contributed by atoms with E-state index >= 15 is 0 Å². The van der Waals surface area contributed by atoms with Crippen molar-refractivity contribution in [2.45, 2.75) is 63.5 Å². The smallest absolute Gasteiger partial charge is 0.145 e. The molecule has 0 saturated heterocycles. The number of rotatable bonds is 7. The standard InChI is InChI=1S/C44H42N2/c1-4-14-34(15-5-1)37-28-30-44(31-29-37,45(40-20-6-2-7-21-40)42-26-24-35-16-10-12-18-38(35)32-42)46(41-22-8-3-9-23-41)43-27-25-36-17-11-13-19-39(36)33-43/h1-9,14-15,20-30,32-33H,10-13,16-19,31H2. The summed E-state index contributed by atoms with van der Waals surface area (Å²) in [5.41, 5.74) is 12.9. The molecule has 3 aliphatic carbocycles. The first kappa shape index (κ1) is 28.6. The molecule has 3 aliphatic rings. The van der Waals surface area contributed by atoms with E-state index in [4.69, 9.17) is 0 Å². The predicted octanol–water partition coefficient (Wildman–Crippen LogP) is 11.2. The van der Waals surface area contributed by atoms with Gasteiger partial charge in [-0.15, -0.1) is 0 Å². The van der Waals surface area contributed by atoms with Crippen LogP contribution in [0.1, 0.15) is 59.9 Å². The van der Waals surface area contributed by atoms with Gasteiger partial charge in [0.25, 0.3) is 0 Å². The van der Waals surface area contributed by atoms with Gasteiger partial charge in [-0.2, -0.15) is 0 Å². The van der Waals surface area contributed by atoms with Crippen LogP contribution in [0.3, 0.4) is 0 Å². The topological polar surface area (TPSA) is 6.48 Å². The summed E-state index contributed by atoms with van der Waals surface area (Å²) in [5, 5.41) is 0. The fourth-order valence-electron chi connectivity index (χ4n) is 7.96. The van der Waals surface area contributed by atoms with Crippen molar-refractivity contribution >= 4 is 28.3 Å². The molecule has 0 aliphatic heterocycles. The van der Waals surface area contributed by atoms with Crippen molar-refractivity contribution in [3.05, 3.63) is 173 Å². The van der Waals surface area contributed by atoms with E-state index in [2.05, 4.69) is 155 Å². The van der Waals surface area contributed by atoms with Gasteiger partial charge in [0, 0.05) is 29.2 Å². The molecule has 0 unspecified atom stereocenters. The molecule has 5 aromatic carbocycles. The Labute approximate surface area is 274 Å². The van der Waals surface area contributed by atoms with Crippen molar-refractivity contribution in [3.8, 4) is 0 Å². The van der Waals surface area contributed by atoms with Crippen molar-refractivity contribution in [1.82, 2.24) is 0 Å². The summed E-state index contributed by atoms with van der Waals surface area (Å²) < 4.78 is 0.